The second kappa shape index (κ2) is 25.1. The summed E-state index contributed by atoms with van der Waals surface area (Å²) in [6.07, 6.45) is -8.13. The number of hydrogen-bond acceptors (Lipinski definition) is 16. The third-order valence-electron chi connectivity index (χ3n) is 11.2. The zero-order valence-electron chi connectivity index (χ0n) is 40.6. The van der Waals surface area contributed by atoms with Crippen LogP contribution in [0.5, 0.6) is 11.5 Å². The molecule has 2 aliphatic rings. The van der Waals surface area contributed by atoms with Crippen molar-refractivity contribution in [1.82, 2.24) is 19.4 Å². The molecule has 0 unspecified atom stereocenters. The summed E-state index contributed by atoms with van der Waals surface area (Å²) in [5.74, 6) is 1.31. The van der Waals surface area contributed by atoms with Gasteiger partial charge in [0.1, 0.15) is 32.3 Å². The standard InChI is InChI=1S/C24H26F3N5O4S.C13H11ClF3N3O2S.C11H16N2O2/c1-28-37(33,34)22-6-4-3-5-19(22)30-20-14-23(29-15-17(20)24(25,26)27)31-18-8-7-16(13-21(18)35-2)32-9-11-36-12-10-32;1-18-23(21,22)11-5-3-2-4-9(11)20-10-6-12(14)19-7-8(10)13(15,16)17;1-14-11-8-9(2-3-10(11)12)13-4-6-15-7-5-13/h3-8,13-15,28H,9-12H2,1-2H3,(H2,29,30,31);2-7,18H,1H3,(H,19,20);2-3,8H,4-7,12H2,1H3. The van der Waals surface area contributed by atoms with E-state index in [1.807, 2.05) is 30.3 Å². The van der Waals surface area contributed by atoms with Gasteiger partial charge in [-0.3, -0.25) is 0 Å². The summed E-state index contributed by atoms with van der Waals surface area (Å²) in [6, 6.07) is 24.7. The first-order valence-electron chi connectivity index (χ1n) is 22.5. The molecule has 7 N–H and O–H groups in total. The van der Waals surface area contributed by atoms with E-state index in [1.165, 1.54) is 75.8 Å². The van der Waals surface area contributed by atoms with Crippen molar-refractivity contribution in [3.8, 4) is 11.5 Å². The number of hydrogen-bond donors (Lipinski definition) is 6. The van der Waals surface area contributed by atoms with Gasteiger partial charge in [-0.15, -0.1) is 0 Å². The minimum atomic E-state index is -4.73. The van der Waals surface area contributed by atoms with E-state index in [2.05, 4.69) is 45.2 Å². The van der Waals surface area contributed by atoms with E-state index >= 15 is 0 Å². The fraction of sp³-hybridized carbons (Fsp3) is 0.292. The van der Waals surface area contributed by atoms with Crippen LogP contribution in [0.3, 0.4) is 0 Å². The maximum atomic E-state index is 13.8. The van der Waals surface area contributed by atoms with Crippen LogP contribution >= 0.6 is 11.6 Å². The van der Waals surface area contributed by atoms with Gasteiger partial charge in [-0.2, -0.15) is 26.3 Å². The Bertz CT molecular complexity index is 3130. The van der Waals surface area contributed by atoms with Crippen LogP contribution in [0.2, 0.25) is 5.15 Å². The molecule has 0 bridgehead atoms. The molecule has 2 saturated heterocycles. The van der Waals surface area contributed by atoms with E-state index in [9.17, 15) is 43.2 Å². The predicted molar refractivity (Wildman–Crippen MR) is 275 cm³/mol. The van der Waals surface area contributed by atoms with Crippen molar-refractivity contribution < 1.29 is 62.1 Å². The molecular weight excluding hydrogens is 1060 g/mol. The number of rotatable bonds is 14. The van der Waals surface area contributed by atoms with Crippen molar-refractivity contribution >= 4 is 83.0 Å². The van der Waals surface area contributed by atoms with Gasteiger partial charge in [0.15, 0.2) is 0 Å². The van der Waals surface area contributed by atoms with Crippen LogP contribution in [0.25, 0.3) is 0 Å². The van der Waals surface area contributed by atoms with Gasteiger partial charge in [0.2, 0.25) is 20.0 Å². The van der Waals surface area contributed by atoms with Crippen molar-refractivity contribution in [3.05, 3.63) is 126 Å². The number of nitrogen functional groups attached to an aromatic ring is 1. The number of morpholine rings is 2. The Labute approximate surface area is 434 Å². The molecule has 0 radical (unpaired) electrons. The molecule has 404 valence electrons. The molecule has 0 atom stereocenters. The molecular formula is C48H53ClF6N10O8S2. The number of para-hydroxylation sites is 2. The second-order valence-corrected chi connectivity index (χ2v) is 20.1. The molecule has 2 aromatic heterocycles. The first-order chi connectivity index (χ1) is 35.6. The molecule has 4 aromatic carbocycles. The SMILES string of the molecule is CNS(=O)(=O)c1ccccc1Nc1cc(Cl)ncc1C(F)(F)F.CNS(=O)(=O)c1ccccc1Nc1cc(Nc2ccc(N3CCOCC3)cc2OC)ncc1C(F)(F)F.COc1cc(N2CCOCC2)ccc1N. The summed E-state index contributed by atoms with van der Waals surface area (Å²) in [5, 5.41) is 7.93. The molecule has 6 aromatic rings. The first-order valence-corrected chi connectivity index (χ1v) is 25.9. The van der Waals surface area contributed by atoms with Crippen molar-refractivity contribution in [3.63, 3.8) is 0 Å². The Kier molecular flexibility index (Phi) is 19.3. The van der Waals surface area contributed by atoms with Gasteiger partial charge in [0.25, 0.3) is 0 Å². The summed E-state index contributed by atoms with van der Waals surface area (Å²) in [5.41, 5.74) is 6.09. The summed E-state index contributed by atoms with van der Waals surface area (Å²) >= 11 is 5.64. The second-order valence-electron chi connectivity index (χ2n) is 16.0. The van der Waals surface area contributed by atoms with E-state index in [0.29, 0.717) is 42.7 Å². The molecule has 27 heteroatoms. The fourth-order valence-corrected chi connectivity index (χ4v) is 9.32. The van der Waals surface area contributed by atoms with E-state index < -0.39 is 49.2 Å². The van der Waals surface area contributed by atoms with Crippen molar-refractivity contribution in [1.29, 1.82) is 0 Å². The van der Waals surface area contributed by atoms with Gasteiger partial charge in [0, 0.05) is 68.1 Å². The number of nitrogens with two attached hydrogens (primary N) is 1. The minimum Gasteiger partial charge on any atom is -0.495 e. The number of pyridine rings is 2. The third-order valence-corrected chi connectivity index (χ3v) is 14.4. The maximum Gasteiger partial charge on any atom is 0.419 e. The highest BCUT2D eigenvalue weighted by molar-refractivity contribution is 7.90. The van der Waals surface area contributed by atoms with Gasteiger partial charge >= 0.3 is 12.4 Å². The third kappa shape index (κ3) is 15.2. The minimum absolute atomic E-state index is 0.0189. The highest BCUT2D eigenvalue weighted by Crippen LogP contribution is 2.40. The highest BCUT2D eigenvalue weighted by Gasteiger charge is 2.36. The Morgan fingerprint density at radius 1 is 0.573 bits per heavy atom. The lowest BCUT2D eigenvalue weighted by molar-refractivity contribution is -0.138. The predicted octanol–water partition coefficient (Wildman–Crippen LogP) is 8.86. The quantitative estimate of drug-likeness (QED) is 0.0340. The van der Waals surface area contributed by atoms with Crippen LogP contribution in [-0.4, -0.2) is 108 Å². The summed E-state index contributed by atoms with van der Waals surface area (Å²) in [7, 11) is -2.23. The van der Waals surface area contributed by atoms with Crippen LogP contribution in [0.1, 0.15) is 11.1 Å². The van der Waals surface area contributed by atoms with E-state index in [4.69, 9.17) is 36.3 Å². The number of alkyl halides is 6. The number of benzene rings is 4. The van der Waals surface area contributed by atoms with Crippen LogP contribution < -0.4 is 50.4 Å². The molecule has 18 nitrogen and oxygen atoms in total. The number of halogens is 7. The van der Waals surface area contributed by atoms with E-state index in [0.717, 1.165) is 62.6 Å². The Hall–Kier alpha value is -6.81. The lowest BCUT2D eigenvalue weighted by Crippen LogP contribution is -2.36. The highest BCUT2D eigenvalue weighted by atomic mass is 35.5. The molecule has 0 aliphatic carbocycles. The average molecular weight is 1110 g/mol. The Balaban J connectivity index is 0.000000204. The number of ether oxygens (including phenoxy) is 4. The van der Waals surface area contributed by atoms with Crippen molar-refractivity contribution in [2.45, 2.75) is 22.1 Å². The normalized spacial score (nSPS) is 14.1. The number of nitrogens with one attached hydrogen (secondary N) is 5. The van der Waals surface area contributed by atoms with Crippen molar-refractivity contribution in [2.75, 3.05) is 112 Å². The first kappa shape index (κ1) is 57.5. The summed E-state index contributed by atoms with van der Waals surface area (Å²) in [6.45, 7) is 6.12. The number of aromatic nitrogens is 2. The van der Waals surface area contributed by atoms with Crippen molar-refractivity contribution in [2.24, 2.45) is 0 Å². The number of sulfonamides is 2. The van der Waals surface area contributed by atoms with Gasteiger partial charge < -0.3 is 50.4 Å². The lowest BCUT2D eigenvalue weighted by atomic mass is 10.2. The smallest absolute Gasteiger partial charge is 0.419 e. The van der Waals surface area contributed by atoms with Crippen LogP contribution in [0.15, 0.2) is 119 Å². The van der Waals surface area contributed by atoms with Gasteiger partial charge in [0.05, 0.1) is 85.9 Å². The molecule has 0 spiro atoms. The van der Waals surface area contributed by atoms with Gasteiger partial charge in [-0.05, 0) is 68.7 Å². The Morgan fingerprint density at radius 2 is 1.01 bits per heavy atom. The topological polar surface area (TPSA) is 224 Å². The number of nitrogens with zero attached hydrogens (tertiary/aromatic N) is 4. The number of methoxy groups -OCH3 is 2. The monoisotopic (exact) mass is 1110 g/mol. The summed E-state index contributed by atoms with van der Waals surface area (Å²) in [4.78, 5) is 11.4. The summed E-state index contributed by atoms with van der Waals surface area (Å²) < 4.78 is 155. The fourth-order valence-electron chi connectivity index (χ4n) is 7.39. The largest absolute Gasteiger partial charge is 0.495 e. The number of anilines is 9. The van der Waals surface area contributed by atoms with Crippen LogP contribution in [-0.2, 0) is 41.9 Å². The maximum absolute atomic E-state index is 13.8. The molecule has 2 fully saturated rings. The van der Waals surface area contributed by atoms with Crippen LogP contribution in [0.4, 0.5) is 77.7 Å². The van der Waals surface area contributed by atoms with E-state index in [1.54, 1.807) is 13.2 Å². The molecule has 0 saturated carbocycles. The average Bonchev–Trinajstić information content (AvgIpc) is 3.39. The van der Waals surface area contributed by atoms with Crippen LogP contribution in [0, 0.1) is 0 Å². The molecule has 4 heterocycles. The molecule has 8 rings (SSSR count). The molecule has 2 aliphatic heterocycles. The lowest BCUT2D eigenvalue weighted by Gasteiger charge is -2.29. The molecule has 75 heavy (non-hydrogen) atoms. The van der Waals surface area contributed by atoms with E-state index in [-0.39, 0.29) is 37.8 Å². The van der Waals surface area contributed by atoms with Gasteiger partial charge in [-0.25, -0.2) is 36.2 Å². The molecule has 0 amide bonds. The Morgan fingerprint density at radius 3 is 1.48 bits per heavy atom. The zero-order valence-corrected chi connectivity index (χ0v) is 43.0. The zero-order chi connectivity index (χ0) is 54.6. The van der Waals surface area contributed by atoms with Gasteiger partial charge in [-0.1, -0.05) is 35.9 Å².